The van der Waals surface area contributed by atoms with Crippen LogP contribution in [0.3, 0.4) is 0 Å². The van der Waals surface area contributed by atoms with Gasteiger partial charge >= 0.3 is 0 Å². The van der Waals surface area contributed by atoms with E-state index in [4.69, 9.17) is 15.2 Å². The van der Waals surface area contributed by atoms with Crippen LogP contribution in [-0.2, 0) is 22.5 Å². The van der Waals surface area contributed by atoms with Gasteiger partial charge in [0, 0.05) is 19.4 Å². The summed E-state index contributed by atoms with van der Waals surface area (Å²) in [6, 6.07) is 5.54. The molecule has 1 aliphatic rings. The fourth-order valence-electron chi connectivity index (χ4n) is 3.27. The number of rotatable bonds is 10. The number of hydrogen-bond acceptors (Lipinski definition) is 7. The molecule has 0 spiro atoms. The van der Waals surface area contributed by atoms with Gasteiger partial charge in [-0.1, -0.05) is 23.4 Å². The second-order valence-electron chi connectivity index (χ2n) is 7.03. The highest BCUT2D eigenvalue weighted by Crippen LogP contribution is 2.25. The topological polar surface area (TPSA) is 109 Å². The van der Waals surface area contributed by atoms with Crippen LogP contribution in [0.15, 0.2) is 23.4 Å². The summed E-state index contributed by atoms with van der Waals surface area (Å²) < 4.78 is 13.0. The van der Waals surface area contributed by atoms with Gasteiger partial charge in [-0.05, 0) is 31.9 Å². The molecule has 9 heteroatoms. The minimum absolute atomic E-state index is 0.0408. The van der Waals surface area contributed by atoms with Gasteiger partial charge in [-0.25, -0.2) is 0 Å². The third-order valence-corrected chi connectivity index (χ3v) is 5.75. The van der Waals surface area contributed by atoms with Gasteiger partial charge in [-0.15, -0.1) is 10.2 Å². The summed E-state index contributed by atoms with van der Waals surface area (Å²) in [6.07, 6.45) is 2.70. The maximum Gasteiger partial charge on any atom is 0.217 e. The van der Waals surface area contributed by atoms with Gasteiger partial charge in [0.15, 0.2) is 10.9 Å². The van der Waals surface area contributed by atoms with E-state index >= 15 is 0 Å². The summed E-state index contributed by atoms with van der Waals surface area (Å²) in [6.45, 7) is 3.29. The maximum absolute atomic E-state index is 12.8. The molecule has 1 amide bonds. The Labute approximate surface area is 174 Å². The number of carbonyl (C=O) groups is 2. The molecule has 29 heavy (non-hydrogen) atoms. The van der Waals surface area contributed by atoms with E-state index in [1.54, 1.807) is 13.2 Å². The summed E-state index contributed by atoms with van der Waals surface area (Å²) in [5, 5.41) is 9.11. The number of methoxy groups -OCH3 is 1. The number of benzene rings is 1. The predicted octanol–water partition coefficient (Wildman–Crippen LogP) is 2.17. The molecule has 1 fully saturated rings. The maximum atomic E-state index is 12.8. The van der Waals surface area contributed by atoms with Gasteiger partial charge in [0.05, 0.1) is 31.1 Å². The van der Waals surface area contributed by atoms with Crippen molar-refractivity contribution in [1.29, 1.82) is 0 Å². The van der Waals surface area contributed by atoms with Crippen LogP contribution in [0.1, 0.15) is 41.0 Å². The largest absolute Gasteiger partial charge is 0.496 e. The van der Waals surface area contributed by atoms with Crippen molar-refractivity contribution in [1.82, 2.24) is 14.8 Å². The molecular formula is C20H26N4O4S. The van der Waals surface area contributed by atoms with Crippen molar-refractivity contribution in [3.05, 3.63) is 35.2 Å². The van der Waals surface area contributed by atoms with Crippen molar-refractivity contribution >= 4 is 23.5 Å². The molecule has 1 aliphatic heterocycles. The normalized spacial score (nSPS) is 16.1. The number of carbonyl (C=O) groups excluding carboxylic acids is 2. The Morgan fingerprint density at radius 3 is 2.90 bits per heavy atom. The smallest absolute Gasteiger partial charge is 0.217 e. The SMILES string of the molecule is COc1ccc(C)cc1C(=O)CSc1nnc(CCC(N)=O)n1CC1CCCO1. The van der Waals surface area contributed by atoms with E-state index in [0.29, 0.717) is 35.3 Å². The number of amides is 1. The van der Waals surface area contributed by atoms with Gasteiger partial charge in [0.2, 0.25) is 5.91 Å². The Morgan fingerprint density at radius 2 is 2.21 bits per heavy atom. The van der Waals surface area contributed by atoms with E-state index in [1.807, 2.05) is 23.6 Å². The third kappa shape index (κ3) is 5.57. The van der Waals surface area contributed by atoms with Crippen LogP contribution in [0, 0.1) is 6.92 Å². The van der Waals surface area contributed by atoms with Crippen LogP contribution >= 0.6 is 11.8 Å². The molecule has 1 saturated heterocycles. The first-order valence-electron chi connectivity index (χ1n) is 9.60. The van der Waals surface area contributed by atoms with Crippen molar-refractivity contribution in [2.24, 2.45) is 5.73 Å². The number of hydrogen-bond donors (Lipinski definition) is 1. The first-order chi connectivity index (χ1) is 14.0. The molecule has 2 aromatic rings. The van der Waals surface area contributed by atoms with Gasteiger partial charge in [-0.3, -0.25) is 9.59 Å². The lowest BCUT2D eigenvalue weighted by Gasteiger charge is -2.14. The minimum atomic E-state index is -0.382. The molecular weight excluding hydrogens is 392 g/mol. The van der Waals surface area contributed by atoms with E-state index < -0.39 is 0 Å². The van der Waals surface area contributed by atoms with Crippen LogP contribution in [0.4, 0.5) is 0 Å². The first-order valence-corrected chi connectivity index (χ1v) is 10.6. The Balaban J connectivity index is 1.74. The summed E-state index contributed by atoms with van der Waals surface area (Å²) >= 11 is 1.33. The van der Waals surface area contributed by atoms with Gasteiger partial charge < -0.3 is 19.8 Å². The Morgan fingerprint density at radius 1 is 1.38 bits per heavy atom. The zero-order valence-electron chi connectivity index (χ0n) is 16.7. The minimum Gasteiger partial charge on any atom is -0.496 e. The zero-order chi connectivity index (χ0) is 20.8. The fourth-order valence-corrected chi connectivity index (χ4v) is 4.12. The second kappa shape index (κ2) is 9.89. The number of thioether (sulfide) groups is 1. The first kappa shape index (κ1) is 21.3. The monoisotopic (exact) mass is 418 g/mol. The molecule has 3 rings (SSSR count). The van der Waals surface area contributed by atoms with Crippen molar-refractivity contribution in [3.63, 3.8) is 0 Å². The fraction of sp³-hybridized carbons (Fsp3) is 0.500. The molecule has 0 radical (unpaired) electrons. The van der Waals surface area contributed by atoms with E-state index in [2.05, 4.69) is 10.2 Å². The lowest BCUT2D eigenvalue weighted by Crippen LogP contribution is -2.19. The van der Waals surface area contributed by atoms with Crippen LogP contribution in [0.25, 0.3) is 0 Å². The lowest BCUT2D eigenvalue weighted by molar-refractivity contribution is -0.118. The third-order valence-electron chi connectivity index (χ3n) is 4.79. The van der Waals surface area contributed by atoms with Crippen LogP contribution < -0.4 is 10.5 Å². The highest BCUT2D eigenvalue weighted by molar-refractivity contribution is 7.99. The standard InChI is InChI=1S/C20H26N4O4S/c1-13-5-6-17(27-2)15(10-13)16(25)12-29-20-23-22-19(8-7-18(21)26)24(20)11-14-4-3-9-28-14/h5-6,10,14H,3-4,7-9,11-12H2,1-2H3,(H2,21,26). The number of primary amides is 1. The highest BCUT2D eigenvalue weighted by Gasteiger charge is 2.22. The number of aryl methyl sites for hydroxylation is 2. The van der Waals surface area contributed by atoms with Gasteiger partial charge in [0.25, 0.3) is 0 Å². The van der Waals surface area contributed by atoms with Crippen molar-refractivity contribution in [2.75, 3.05) is 19.5 Å². The van der Waals surface area contributed by atoms with Gasteiger partial charge in [-0.2, -0.15) is 0 Å². The summed E-state index contributed by atoms with van der Waals surface area (Å²) in [5.41, 5.74) is 6.83. The quantitative estimate of drug-likeness (QED) is 0.465. The predicted molar refractivity (Wildman–Crippen MR) is 109 cm³/mol. The molecule has 0 bridgehead atoms. The Hall–Kier alpha value is -2.39. The van der Waals surface area contributed by atoms with Crippen LogP contribution in [-0.4, -0.2) is 52.0 Å². The summed E-state index contributed by atoms with van der Waals surface area (Å²) in [5.74, 6) is 1.03. The summed E-state index contributed by atoms with van der Waals surface area (Å²) in [7, 11) is 1.55. The molecule has 1 aromatic heterocycles. The summed E-state index contributed by atoms with van der Waals surface area (Å²) in [4.78, 5) is 24.0. The highest BCUT2D eigenvalue weighted by atomic mass is 32.2. The second-order valence-corrected chi connectivity index (χ2v) is 7.97. The molecule has 1 unspecified atom stereocenters. The number of Topliss-reactive ketones (excluding diaryl/α,β-unsaturated/α-hetero) is 1. The van der Waals surface area contributed by atoms with Crippen LogP contribution in [0.5, 0.6) is 5.75 Å². The molecule has 1 aromatic carbocycles. The molecule has 8 nitrogen and oxygen atoms in total. The number of aromatic nitrogens is 3. The van der Waals surface area contributed by atoms with E-state index in [1.165, 1.54) is 11.8 Å². The molecule has 1 atom stereocenters. The molecule has 0 saturated carbocycles. The average Bonchev–Trinajstić information content (AvgIpc) is 3.35. The van der Waals surface area contributed by atoms with Crippen molar-refractivity contribution in [2.45, 2.75) is 50.4 Å². The zero-order valence-corrected chi connectivity index (χ0v) is 17.5. The van der Waals surface area contributed by atoms with Crippen molar-refractivity contribution < 1.29 is 19.1 Å². The number of nitrogens with zero attached hydrogens (tertiary/aromatic N) is 3. The van der Waals surface area contributed by atoms with E-state index in [9.17, 15) is 9.59 Å². The molecule has 0 aliphatic carbocycles. The molecule has 2 heterocycles. The lowest BCUT2D eigenvalue weighted by atomic mass is 10.1. The average molecular weight is 419 g/mol. The van der Waals surface area contributed by atoms with Crippen molar-refractivity contribution in [3.8, 4) is 5.75 Å². The number of nitrogens with two attached hydrogens (primary N) is 1. The van der Waals surface area contributed by atoms with E-state index in [0.717, 1.165) is 25.0 Å². The van der Waals surface area contributed by atoms with E-state index in [-0.39, 0.29) is 30.0 Å². The number of ketones is 1. The Kier molecular flexibility index (Phi) is 7.27. The van der Waals surface area contributed by atoms with Crippen LogP contribution in [0.2, 0.25) is 0 Å². The molecule has 156 valence electrons. The van der Waals surface area contributed by atoms with Gasteiger partial charge in [0.1, 0.15) is 11.6 Å². The number of ether oxygens (including phenoxy) is 2. The molecule has 2 N–H and O–H groups in total. The Bertz CT molecular complexity index is 877.